The van der Waals surface area contributed by atoms with Crippen LogP contribution >= 0.6 is 0 Å². The number of nitrogens with two attached hydrogens (primary N) is 1. The van der Waals surface area contributed by atoms with Gasteiger partial charge >= 0.3 is 6.18 Å². The number of nitrogens with one attached hydrogen (secondary N) is 1. The summed E-state index contributed by atoms with van der Waals surface area (Å²) in [5.41, 5.74) is 3.97. The zero-order valence-corrected chi connectivity index (χ0v) is 10.7. The predicted octanol–water partition coefficient (Wildman–Crippen LogP) is 2.92. The number of ether oxygens (including phenoxy) is 1. The fraction of sp³-hybridized carbons (Fsp3) is 0.308. The van der Waals surface area contributed by atoms with Crippen LogP contribution in [0.3, 0.4) is 0 Å². The molecule has 0 aliphatic rings. The van der Waals surface area contributed by atoms with Crippen molar-refractivity contribution in [3.05, 3.63) is 34.1 Å². The van der Waals surface area contributed by atoms with Crippen LogP contribution in [0.15, 0.2) is 23.0 Å². The molecule has 0 aliphatic heterocycles. The summed E-state index contributed by atoms with van der Waals surface area (Å²) in [4.78, 5) is 13.7. The van der Waals surface area contributed by atoms with Crippen LogP contribution in [0.2, 0.25) is 0 Å². The van der Waals surface area contributed by atoms with Crippen LogP contribution in [-0.2, 0) is 6.18 Å². The van der Waals surface area contributed by atoms with Crippen molar-refractivity contribution in [1.29, 1.82) is 0 Å². The van der Waals surface area contributed by atoms with Crippen molar-refractivity contribution in [2.75, 3.05) is 12.3 Å². The second kappa shape index (κ2) is 5.07. The minimum atomic E-state index is -4.66. The van der Waals surface area contributed by atoms with Gasteiger partial charge in [-0.2, -0.15) is 13.2 Å². The second-order valence-corrected chi connectivity index (χ2v) is 4.30. The fourth-order valence-corrected chi connectivity index (χ4v) is 1.93. The molecule has 20 heavy (non-hydrogen) atoms. The smallest absolute Gasteiger partial charge is 0.417 e. The highest BCUT2D eigenvalue weighted by atomic mass is 19.4. The van der Waals surface area contributed by atoms with Crippen LogP contribution in [0.4, 0.5) is 18.9 Å². The maximum atomic E-state index is 13.1. The summed E-state index contributed by atoms with van der Waals surface area (Å²) in [6.07, 6.45) is -4.04. The van der Waals surface area contributed by atoms with Gasteiger partial charge in [0.25, 0.3) is 0 Å². The molecule has 1 aromatic heterocycles. The van der Waals surface area contributed by atoms with E-state index in [1.54, 1.807) is 0 Å². The van der Waals surface area contributed by atoms with Crippen LogP contribution in [-0.4, -0.2) is 11.6 Å². The Bertz CT molecular complexity index is 692. The Hall–Kier alpha value is -2.18. The average molecular weight is 286 g/mol. The van der Waals surface area contributed by atoms with Gasteiger partial charge in [0.05, 0.1) is 28.8 Å². The summed E-state index contributed by atoms with van der Waals surface area (Å²) in [5.74, 6) is -0.0482. The Morgan fingerprint density at radius 3 is 2.65 bits per heavy atom. The molecular formula is C13H13F3N2O2. The lowest BCUT2D eigenvalue weighted by atomic mass is 10.1. The van der Waals surface area contributed by atoms with Crippen LogP contribution in [0.5, 0.6) is 5.75 Å². The highest BCUT2D eigenvalue weighted by Crippen LogP contribution is 2.40. The van der Waals surface area contributed by atoms with E-state index in [0.717, 1.165) is 0 Å². The zero-order valence-electron chi connectivity index (χ0n) is 10.7. The molecule has 0 bridgehead atoms. The van der Waals surface area contributed by atoms with Crippen LogP contribution < -0.4 is 16.0 Å². The predicted molar refractivity (Wildman–Crippen MR) is 69.8 cm³/mol. The van der Waals surface area contributed by atoms with Crippen molar-refractivity contribution in [1.82, 2.24) is 4.98 Å². The van der Waals surface area contributed by atoms with Crippen molar-refractivity contribution in [3.63, 3.8) is 0 Å². The number of hydrogen-bond acceptors (Lipinski definition) is 3. The summed E-state index contributed by atoms with van der Waals surface area (Å²) in [5, 5.41) is -0.217. The van der Waals surface area contributed by atoms with Gasteiger partial charge in [0.15, 0.2) is 5.75 Å². The van der Waals surface area contributed by atoms with Crippen LogP contribution in [0.1, 0.15) is 18.9 Å². The Kier molecular flexibility index (Phi) is 3.61. The Balaban J connectivity index is 2.83. The molecule has 2 rings (SSSR count). The van der Waals surface area contributed by atoms with Crippen LogP contribution in [0.25, 0.3) is 10.9 Å². The standard InChI is InChI=1S/C13H13F3N2O2/c1-2-5-20-12-8(17)3-4-9-11(12)7(13(14,15)16)6-10(19)18-9/h3-4,6H,2,5,17H2,1H3,(H,18,19). The number of anilines is 1. The highest BCUT2D eigenvalue weighted by Gasteiger charge is 2.35. The molecule has 0 saturated heterocycles. The molecule has 3 N–H and O–H groups in total. The molecule has 0 unspecified atom stereocenters. The number of fused-ring (bicyclic) bond motifs is 1. The molecule has 0 saturated carbocycles. The number of nitrogen functional groups attached to an aromatic ring is 1. The summed E-state index contributed by atoms with van der Waals surface area (Å²) < 4.78 is 44.6. The van der Waals surface area contributed by atoms with E-state index in [1.807, 2.05) is 6.92 Å². The van der Waals surface area contributed by atoms with E-state index >= 15 is 0 Å². The van der Waals surface area contributed by atoms with Gasteiger partial charge < -0.3 is 15.5 Å². The molecule has 0 aliphatic carbocycles. The second-order valence-electron chi connectivity index (χ2n) is 4.30. The van der Waals surface area contributed by atoms with Gasteiger partial charge in [0, 0.05) is 6.07 Å². The van der Waals surface area contributed by atoms with Gasteiger partial charge in [0.2, 0.25) is 5.56 Å². The molecule has 7 heteroatoms. The third-order valence-electron chi connectivity index (χ3n) is 2.75. The van der Waals surface area contributed by atoms with Gasteiger partial charge in [-0.25, -0.2) is 0 Å². The molecule has 0 spiro atoms. The maximum Gasteiger partial charge on any atom is 0.417 e. The maximum absolute atomic E-state index is 13.1. The van der Waals surface area contributed by atoms with E-state index in [0.29, 0.717) is 12.5 Å². The molecule has 1 aromatic carbocycles. The highest BCUT2D eigenvalue weighted by molar-refractivity contribution is 5.93. The average Bonchev–Trinajstić information content (AvgIpc) is 2.36. The number of aromatic nitrogens is 1. The minimum Gasteiger partial charge on any atom is -0.491 e. The monoisotopic (exact) mass is 286 g/mol. The van der Waals surface area contributed by atoms with Crippen LogP contribution in [0, 0.1) is 0 Å². The number of H-pyrrole nitrogens is 1. The van der Waals surface area contributed by atoms with E-state index < -0.39 is 17.3 Å². The van der Waals surface area contributed by atoms with Crippen molar-refractivity contribution in [2.24, 2.45) is 0 Å². The number of pyridine rings is 1. The Morgan fingerprint density at radius 1 is 1.35 bits per heavy atom. The number of rotatable bonds is 3. The summed E-state index contributed by atoms with van der Waals surface area (Å²) in [6.45, 7) is 2.06. The third-order valence-corrected chi connectivity index (χ3v) is 2.75. The zero-order chi connectivity index (χ0) is 14.9. The van der Waals surface area contributed by atoms with Crippen molar-refractivity contribution in [3.8, 4) is 5.75 Å². The van der Waals surface area contributed by atoms with E-state index in [9.17, 15) is 18.0 Å². The van der Waals surface area contributed by atoms with Gasteiger partial charge in [-0.1, -0.05) is 6.92 Å². The topological polar surface area (TPSA) is 68.1 Å². The van der Waals surface area contributed by atoms with E-state index in [4.69, 9.17) is 10.5 Å². The fourth-order valence-electron chi connectivity index (χ4n) is 1.93. The molecule has 1 heterocycles. The number of benzene rings is 1. The van der Waals surface area contributed by atoms with E-state index in [-0.39, 0.29) is 28.9 Å². The summed E-state index contributed by atoms with van der Waals surface area (Å²) in [7, 11) is 0. The van der Waals surface area contributed by atoms with E-state index in [1.165, 1.54) is 12.1 Å². The molecular weight excluding hydrogens is 273 g/mol. The number of alkyl halides is 3. The Morgan fingerprint density at radius 2 is 2.05 bits per heavy atom. The van der Waals surface area contributed by atoms with Crippen molar-refractivity contribution >= 4 is 16.6 Å². The lowest BCUT2D eigenvalue weighted by molar-refractivity contribution is -0.136. The van der Waals surface area contributed by atoms with Gasteiger partial charge in [0.1, 0.15) is 0 Å². The van der Waals surface area contributed by atoms with Crippen molar-refractivity contribution < 1.29 is 17.9 Å². The molecule has 0 atom stereocenters. The SMILES string of the molecule is CCCOc1c(N)ccc2[nH]c(=O)cc(C(F)(F)F)c12. The first-order valence-electron chi connectivity index (χ1n) is 6.00. The third kappa shape index (κ3) is 2.56. The minimum absolute atomic E-state index is 0.0464. The van der Waals surface area contributed by atoms with Gasteiger partial charge in [-0.3, -0.25) is 4.79 Å². The van der Waals surface area contributed by atoms with Crippen molar-refractivity contribution in [2.45, 2.75) is 19.5 Å². The first kappa shape index (κ1) is 14.2. The molecule has 0 radical (unpaired) electrons. The molecule has 0 fully saturated rings. The Labute approximate surface area is 112 Å². The molecule has 0 amide bonds. The summed E-state index contributed by atoms with van der Waals surface area (Å²) >= 11 is 0. The number of halogens is 3. The van der Waals surface area contributed by atoms with Gasteiger partial charge in [-0.05, 0) is 18.6 Å². The van der Waals surface area contributed by atoms with Gasteiger partial charge in [-0.15, -0.1) is 0 Å². The molecule has 4 nitrogen and oxygen atoms in total. The lowest BCUT2D eigenvalue weighted by Crippen LogP contribution is -2.15. The summed E-state index contributed by atoms with van der Waals surface area (Å²) in [6, 6.07) is 3.25. The number of aromatic amines is 1. The quantitative estimate of drug-likeness (QED) is 0.852. The lowest BCUT2D eigenvalue weighted by Gasteiger charge is -2.15. The normalized spacial score (nSPS) is 11.8. The molecule has 108 valence electrons. The first-order chi connectivity index (χ1) is 9.34. The first-order valence-corrected chi connectivity index (χ1v) is 6.00. The molecule has 2 aromatic rings. The largest absolute Gasteiger partial charge is 0.491 e. The van der Waals surface area contributed by atoms with E-state index in [2.05, 4.69) is 4.98 Å². The number of hydrogen-bond donors (Lipinski definition) is 2.